The van der Waals surface area contributed by atoms with Crippen molar-refractivity contribution >= 4 is 8.41 Å². The summed E-state index contributed by atoms with van der Waals surface area (Å²) >= 11 is 0. The summed E-state index contributed by atoms with van der Waals surface area (Å²) in [6, 6.07) is 0. The molecule has 0 saturated carbocycles. The van der Waals surface area contributed by atoms with Crippen LogP contribution in [0, 0.1) is 5.92 Å². The molecule has 6 heteroatoms. The van der Waals surface area contributed by atoms with Crippen molar-refractivity contribution in [3.05, 3.63) is 11.6 Å². The van der Waals surface area contributed by atoms with Crippen LogP contribution in [-0.4, -0.2) is 93.1 Å². The molecule has 2 atom stereocenters. The maximum atomic E-state index is 9.34. The maximum Gasteiger partial charge on any atom is 0.0717 e. The van der Waals surface area contributed by atoms with E-state index in [1.54, 1.807) is 0 Å². The van der Waals surface area contributed by atoms with E-state index in [4.69, 9.17) is 10.2 Å². The highest BCUT2D eigenvalue weighted by molar-refractivity contribution is 5.75. The van der Waals surface area contributed by atoms with Gasteiger partial charge in [-0.1, -0.05) is 6.08 Å². The van der Waals surface area contributed by atoms with E-state index in [0.29, 0.717) is 6.54 Å². The number of aliphatic hydroxyl groups excluding tert-OH is 3. The van der Waals surface area contributed by atoms with Gasteiger partial charge in [0.2, 0.25) is 0 Å². The average Bonchev–Trinajstić information content (AvgIpc) is 2.40. The lowest BCUT2D eigenvalue weighted by Gasteiger charge is -2.32. The van der Waals surface area contributed by atoms with Gasteiger partial charge in [0, 0.05) is 40.6 Å². The predicted octanol–water partition coefficient (Wildman–Crippen LogP) is -0.849. The monoisotopic (exact) mass is 283 g/mol. The van der Waals surface area contributed by atoms with Crippen LogP contribution in [0.25, 0.3) is 0 Å². The number of likely N-dealkylation sites (tertiary alicyclic amines) is 1. The zero-order valence-electron chi connectivity index (χ0n) is 12.7. The molecule has 2 aliphatic rings. The molecule has 3 N–H and O–H groups in total. The van der Waals surface area contributed by atoms with Crippen LogP contribution in [0.3, 0.4) is 0 Å². The molecule has 0 amide bonds. The van der Waals surface area contributed by atoms with Gasteiger partial charge in [0.25, 0.3) is 0 Å². The lowest BCUT2D eigenvalue weighted by Crippen LogP contribution is -2.42. The van der Waals surface area contributed by atoms with Crippen LogP contribution in [0.1, 0.15) is 12.8 Å². The molecule has 0 aromatic carbocycles. The number of hydrogen-bond acceptors (Lipinski definition) is 5. The second kappa shape index (κ2) is 10.3. The van der Waals surface area contributed by atoms with Crippen molar-refractivity contribution in [3.8, 4) is 0 Å². The molecule has 115 valence electrons. The predicted molar refractivity (Wildman–Crippen MR) is 81.7 cm³/mol. The van der Waals surface area contributed by atoms with Gasteiger partial charge in [-0.15, -0.1) is 0 Å². The normalized spacial score (nSPS) is 27.9. The molecule has 1 saturated heterocycles. The summed E-state index contributed by atoms with van der Waals surface area (Å²) < 4.78 is 0. The lowest BCUT2D eigenvalue weighted by atomic mass is 9.95. The molecule has 3 radical (unpaired) electrons. The summed E-state index contributed by atoms with van der Waals surface area (Å²) in [6.07, 6.45) is 3.72. The molecular formula is C14H28BN2O3. The highest BCUT2D eigenvalue weighted by atomic mass is 16.3. The highest BCUT2D eigenvalue weighted by Gasteiger charge is 2.24. The van der Waals surface area contributed by atoms with Gasteiger partial charge >= 0.3 is 0 Å². The zero-order valence-corrected chi connectivity index (χ0v) is 12.7. The van der Waals surface area contributed by atoms with Crippen molar-refractivity contribution in [1.82, 2.24) is 9.80 Å². The zero-order chi connectivity index (χ0) is 14.3. The van der Waals surface area contributed by atoms with Gasteiger partial charge in [-0.05, 0) is 39.1 Å². The summed E-state index contributed by atoms with van der Waals surface area (Å²) in [7, 11) is 4.07. The minimum absolute atomic E-state index is 0. The van der Waals surface area contributed by atoms with Crippen molar-refractivity contribution in [2.45, 2.75) is 18.9 Å². The molecule has 2 rings (SSSR count). The Morgan fingerprint density at radius 2 is 1.90 bits per heavy atom. The average molecular weight is 283 g/mol. The van der Waals surface area contributed by atoms with Gasteiger partial charge in [0.15, 0.2) is 0 Å². The summed E-state index contributed by atoms with van der Waals surface area (Å²) in [4.78, 5) is 4.32. The Morgan fingerprint density at radius 3 is 2.35 bits per heavy atom. The Morgan fingerprint density at radius 1 is 1.20 bits per heavy atom. The van der Waals surface area contributed by atoms with Crippen LogP contribution >= 0.6 is 0 Å². The number of hydrogen-bond donors (Lipinski definition) is 3. The quantitative estimate of drug-likeness (QED) is 0.455. The minimum Gasteiger partial charge on any atom is -0.396 e. The van der Waals surface area contributed by atoms with Crippen molar-refractivity contribution in [3.63, 3.8) is 0 Å². The fourth-order valence-corrected chi connectivity index (χ4v) is 2.31. The minimum atomic E-state index is -0.330. The number of piperidine rings is 1. The van der Waals surface area contributed by atoms with Crippen LogP contribution < -0.4 is 0 Å². The Kier molecular flexibility index (Phi) is 10.1. The van der Waals surface area contributed by atoms with E-state index in [-0.39, 0.29) is 33.6 Å². The van der Waals surface area contributed by atoms with E-state index in [1.807, 2.05) is 7.05 Å². The van der Waals surface area contributed by atoms with Crippen LogP contribution in [0.15, 0.2) is 11.6 Å². The fourth-order valence-electron chi connectivity index (χ4n) is 2.31. The summed E-state index contributed by atoms with van der Waals surface area (Å²) in [6.45, 7) is 4.14. The standard InChI is InChI=1S/C7H15NO2.C7H13NO.B/c1-8-3-2-6(5-9)7(10)4-8;1-8-4-2-7(6-9)3-5-8;/h6-7,9-10H,2-5H2,1H3;2,9H,3-6H2,1H3;/t6-,7+;;/m0../s1. The van der Waals surface area contributed by atoms with Crippen LogP contribution in [-0.2, 0) is 0 Å². The molecule has 5 nitrogen and oxygen atoms in total. The first kappa shape index (κ1) is 19.6. The van der Waals surface area contributed by atoms with E-state index in [9.17, 15) is 5.11 Å². The fraction of sp³-hybridized carbons (Fsp3) is 0.857. The van der Waals surface area contributed by atoms with Gasteiger partial charge in [-0.2, -0.15) is 0 Å². The lowest BCUT2D eigenvalue weighted by molar-refractivity contribution is 0.00664. The Hall–Kier alpha value is -0.395. The Balaban J connectivity index is 0.000000345. The topological polar surface area (TPSA) is 67.2 Å². The first-order valence-corrected chi connectivity index (χ1v) is 7.01. The second-order valence-corrected chi connectivity index (χ2v) is 5.59. The summed E-state index contributed by atoms with van der Waals surface area (Å²) in [5.41, 5.74) is 1.19. The first-order valence-electron chi connectivity index (χ1n) is 7.01. The molecule has 0 unspecified atom stereocenters. The molecule has 20 heavy (non-hydrogen) atoms. The van der Waals surface area contributed by atoms with E-state index >= 15 is 0 Å². The molecule has 0 bridgehead atoms. The Bertz CT molecular complexity index is 290. The van der Waals surface area contributed by atoms with Gasteiger partial charge in [0.05, 0.1) is 12.7 Å². The third-order valence-corrected chi connectivity index (χ3v) is 3.87. The maximum absolute atomic E-state index is 9.34. The van der Waals surface area contributed by atoms with Crippen LogP contribution in [0.5, 0.6) is 0 Å². The Labute approximate surface area is 124 Å². The number of aliphatic hydroxyl groups is 3. The van der Waals surface area contributed by atoms with Gasteiger partial charge in [-0.25, -0.2) is 0 Å². The molecule has 0 aromatic heterocycles. The molecule has 2 heterocycles. The summed E-state index contributed by atoms with van der Waals surface area (Å²) in [5, 5.41) is 26.8. The molecule has 0 spiro atoms. The van der Waals surface area contributed by atoms with E-state index in [2.05, 4.69) is 22.9 Å². The van der Waals surface area contributed by atoms with Crippen LogP contribution in [0.4, 0.5) is 0 Å². The number of nitrogens with zero attached hydrogens (tertiary/aromatic N) is 2. The third-order valence-electron chi connectivity index (χ3n) is 3.87. The van der Waals surface area contributed by atoms with E-state index in [1.165, 1.54) is 5.57 Å². The SMILES string of the molecule is CN1CC=C(CO)CC1.CN1CC[C@@H](CO)[C@H](O)C1.[B]. The highest BCUT2D eigenvalue weighted by Crippen LogP contribution is 2.15. The third kappa shape index (κ3) is 6.86. The van der Waals surface area contributed by atoms with Crippen molar-refractivity contribution in [2.24, 2.45) is 5.92 Å². The van der Waals surface area contributed by atoms with Gasteiger partial charge in [0.1, 0.15) is 0 Å². The number of likely N-dealkylation sites (N-methyl/N-ethyl adjacent to an activating group) is 2. The smallest absolute Gasteiger partial charge is 0.0717 e. The van der Waals surface area contributed by atoms with Crippen LogP contribution in [0.2, 0.25) is 0 Å². The molecular weight excluding hydrogens is 255 g/mol. The second-order valence-electron chi connectivity index (χ2n) is 5.59. The van der Waals surface area contributed by atoms with Crippen molar-refractivity contribution in [2.75, 3.05) is 53.5 Å². The van der Waals surface area contributed by atoms with Gasteiger partial charge in [-0.3, -0.25) is 0 Å². The van der Waals surface area contributed by atoms with Gasteiger partial charge < -0.3 is 25.1 Å². The molecule has 0 aromatic rings. The van der Waals surface area contributed by atoms with Crippen molar-refractivity contribution in [1.29, 1.82) is 0 Å². The number of rotatable bonds is 2. The first-order chi connectivity index (χ1) is 9.06. The molecule has 2 aliphatic heterocycles. The van der Waals surface area contributed by atoms with E-state index in [0.717, 1.165) is 32.5 Å². The largest absolute Gasteiger partial charge is 0.396 e. The molecule has 1 fully saturated rings. The van der Waals surface area contributed by atoms with Crippen molar-refractivity contribution < 1.29 is 15.3 Å². The summed E-state index contributed by atoms with van der Waals surface area (Å²) in [5.74, 6) is 0.108. The van der Waals surface area contributed by atoms with E-state index < -0.39 is 0 Å². The molecule has 0 aliphatic carbocycles. The number of β-amino-alcohol motifs (C(OH)–C–C–N with tert-alkyl or cyclic N) is 1.